The number of hydrogen-bond acceptors (Lipinski definition) is 8. The number of aromatic hydroxyl groups is 1. The average Bonchev–Trinajstić information content (AvgIpc) is 3.26. The van der Waals surface area contributed by atoms with Crippen LogP contribution < -0.4 is 0 Å². The zero-order chi connectivity index (χ0) is 21.9. The van der Waals surface area contributed by atoms with Gasteiger partial charge < -0.3 is 30.3 Å². The van der Waals surface area contributed by atoms with Gasteiger partial charge in [-0.2, -0.15) is 0 Å². The number of fused-ring (bicyclic) bond motifs is 2. The summed E-state index contributed by atoms with van der Waals surface area (Å²) in [6.45, 7) is -0.602. The molecule has 0 aliphatic carbocycles. The number of ether oxygens (including phenoxy) is 1. The molecule has 3 heterocycles. The Morgan fingerprint density at radius 2 is 1.68 bits per heavy atom. The number of benzene rings is 2. The van der Waals surface area contributed by atoms with E-state index in [1.807, 2.05) is 0 Å². The Morgan fingerprint density at radius 1 is 0.968 bits per heavy atom. The zero-order valence-corrected chi connectivity index (χ0v) is 16.2. The molecule has 0 amide bonds. The minimum atomic E-state index is -1.62. The highest BCUT2D eigenvalue weighted by atomic mass is 16.6. The van der Waals surface area contributed by atoms with E-state index in [2.05, 4.69) is 4.99 Å². The monoisotopic (exact) mass is 424 g/mol. The predicted molar refractivity (Wildman–Crippen MR) is 110 cm³/mol. The van der Waals surface area contributed by atoms with Crippen LogP contribution in [-0.4, -0.2) is 72.6 Å². The van der Waals surface area contributed by atoms with Crippen LogP contribution in [-0.2, 0) is 4.74 Å². The van der Waals surface area contributed by atoms with Crippen molar-refractivity contribution < 1.29 is 35.1 Å². The Labute approximate surface area is 176 Å². The third-order valence-corrected chi connectivity index (χ3v) is 5.84. The molecule has 0 bridgehead atoms. The van der Waals surface area contributed by atoms with Crippen molar-refractivity contribution in [3.63, 3.8) is 0 Å². The summed E-state index contributed by atoms with van der Waals surface area (Å²) < 4.78 is 6.88. The third-order valence-electron chi connectivity index (χ3n) is 5.84. The fourth-order valence-electron chi connectivity index (χ4n) is 4.27. The number of rotatable bonds is 3. The summed E-state index contributed by atoms with van der Waals surface area (Å²) in [6.07, 6.45) is -7.23. The molecule has 2 aromatic carbocycles. The molecule has 0 radical (unpaired) electrons. The Morgan fingerprint density at radius 3 is 2.42 bits per heavy atom. The molecule has 31 heavy (non-hydrogen) atoms. The summed E-state index contributed by atoms with van der Waals surface area (Å²) in [4.78, 5) is 17.4. The van der Waals surface area contributed by atoms with Crippen LogP contribution in [0.25, 0.3) is 10.9 Å². The summed E-state index contributed by atoms with van der Waals surface area (Å²) in [5.41, 5.74) is 1.56. The molecule has 9 nitrogen and oxygen atoms in total. The smallest absolute Gasteiger partial charge is 0.214 e. The summed E-state index contributed by atoms with van der Waals surface area (Å²) in [6, 6.07) is 13.6. The molecule has 2 aliphatic rings. The molecule has 160 valence electrons. The first kappa shape index (κ1) is 19.9. The SMILES string of the molecule is O=C1C(c2c(O)n(C3OC(CO)C(O)C(O)C3O)c3ccccc23)=Nc2ccccc21. The van der Waals surface area contributed by atoms with Gasteiger partial charge >= 0.3 is 0 Å². The number of aliphatic hydroxyl groups is 4. The maximum absolute atomic E-state index is 13.0. The minimum absolute atomic E-state index is 0.0539. The van der Waals surface area contributed by atoms with Crippen LogP contribution in [0, 0.1) is 0 Å². The van der Waals surface area contributed by atoms with E-state index < -0.39 is 37.3 Å². The molecule has 5 N–H and O–H groups in total. The number of nitrogens with zero attached hydrogens (tertiary/aromatic N) is 2. The molecule has 0 saturated carbocycles. The fraction of sp³-hybridized carbons (Fsp3) is 0.273. The van der Waals surface area contributed by atoms with E-state index in [4.69, 9.17) is 4.74 Å². The third kappa shape index (κ3) is 2.83. The van der Waals surface area contributed by atoms with Crippen molar-refractivity contribution in [3.8, 4) is 5.88 Å². The number of aliphatic hydroxyl groups excluding tert-OH is 4. The van der Waals surface area contributed by atoms with E-state index in [0.29, 0.717) is 22.2 Å². The van der Waals surface area contributed by atoms with Gasteiger partial charge in [0, 0.05) is 10.9 Å². The van der Waals surface area contributed by atoms with Gasteiger partial charge in [-0.25, -0.2) is 4.99 Å². The number of aromatic nitrogens is 1. The highest BCUT2D eigenvalue weighted by Gasteiger charge is 2.46. The standard InChI is InChI=1S/C22H20N2O7/c25-9-14-18(27)19(28)20(29)22(31-14)24-13-8-4-2-6-11(13)15(21(24)30)16-17(26)10-5-1-3-7-12(10)23-16/h1-8,14,18-20,22,25,27-30H,9H2. The van der Waals surface area contributed by atoms with Gasteiger partial charge in [0.25, 0.3) is 0 Å². The van der Waals surface area contributed by atoms with E-state index in [1.165, 1.54) is 4.57 Å². The maximum atomic E-state index is 13.0. The number of aliphatic imine (C=N–C) groups is 1. The van der Waals surface area contributed by atoms with Crippen LogP contribution >= 0.6 is 0 Å². The Hall–Kier alpha value is -3.08. The lowest BCUT2D eigenvalue weighted by molar-refractivity contribution is -0.251. The Kier molecular flexibility index (Phi) is 4.65. The summed E-state index contributed by atoms with van der Waals surface area (Å²) in [5, 5.41) is 52.1. The molecule has 5 rings (SSSR count). The summed E-state index contributed by atoms with van der Waals surface area (Å²) in [7, 11) is 0. The number of carbonyl (C=O) groups excluding carboxylic acids is 1. The zero-order valence-electron chi connectivity index (χ0n) is 16.2. The quantitative estimate of drug-likeness (QED) is 0.415. The highest BCUT2D eigenvalue weighted by molar-refractivity contribution is 6.56. The van der Waals surface area contributed by atoms with Gasteiger partial charge in [0.1, 0.15) is 30.1 Å². The molecule has 1 aromatic heterocycles. The van der Waals surface area contributed by atoms with E-state index in [0.717, 1.165) is 0 Å². The van der Waals surface area contributed by atoms with Crippen LogP contribution in [0.5, 0.6) is 5.88 Å². The van der Waals surface area contributed by atoms with Crippen LogP contribution in [0.15, 0.2) is 53.5 Å². The van der Waals surface area contributed by atoms with E-state index in [1.54, 1.807) is 48.5 Å². The lowest BCUT2D eigenvalue weighted by atomic mass is 9.98. The van der Waals surface area contributed by atoms with Gasteiger partial charge in [0.15, 0.2) is 6.23 Å². The second-order valence-corrected chi connectivity index (χ2v) is 7.61. The van der Waals surface area contributed by atoms with Crippen molar-refractivity contribution in [1.82, 2.24) is 4.57 Å². The van der Waals surface area contributed by atoms with Crippen molar-refractivity contribution in [1.29, 1.82) is 0 Å². The highest BCUT2D eigenvalue weighted by Crippen LogP contribution is 2.41. The average molecular weight is 424 g/mol. The number of hydrogen-bond donors (Lipinski definition) is 5. The number of para-hydroxylation sites is 2. The fourth-order valence-corrected chi connectivity index (χ4v) is 4.27. The molecule has 9 heteroatoms. The van der Waals surface area contributed by atoms with Gasteiger partial charge in [-0.1, -0.05) is 30.3 Å². The van der Waals surface area contributed by atoms with Gasteiger partial charge in [0.05, 0.1) is 23.4 Å². The Balaban J connectivity index is 1.69. The van der Waals surface area contributed by atoms with Crippen molar-refractivity contribution in [3.05, 3.63) is 59.7 Å². The van der Waals surface area contributed by atoms with Crippen molar-refractivity contribution in [2.75, 3.05) is 6.61 Å². The Bertz CT molecular complexity index is 1220. The molecule has 1 saturated heterocycles. The molecule has 3 aromatic rings. The lowest BCUT2D eigenvalue weighted by Crippen LogP contribution is -2.56. The number of ketones is 1. The summed E-state index contributed by atoms with van der Waals surface area (Å²) in [5.74, 6) is -0.729. The normalized spacial score (nSPS) is 28.1. The van der Waals surface area contributed by atoms with Gasteiger partial charge in [-0.05, 0) is 18.2 Å². The number of carbonyl (C=O) groups is 1. The second kappa shape index (κ2) is 7.26. The van der Waals surface area contributed by atoms with Gasteiger partial charge in [-0.15, -0.1) is 0 Å². The van der Waals surface area contributed by atoms with Crippen LogP contribution in [0.1, 0.15) is 22.1 Å². The van der Waals surface area contributed by atoms with Gasteiger partial charge in [-0.3, -0.25) is 9.36 Å². The van der Waals surface area contributed by atoms with E-state index in [-0.39, 0.29) is 22.9 Å². The van der Waals surface area contributed by atoms with Crippen molar-refractivity contribution in [2.45, 2.75) is 30.6 Å². The van der Waals surface area contributed by atoms with Crippen molar-refractivity contribution >= 4 is 28.1 Å². The molecule has 1 fully saturated rings. The maximum Gasteiger partial charge on any atom is 0.214 e. The largest absolute Gasteiger partial charge is 0.494 e. The molecule has 5 unspecified atom stereocenters. The second-order valence-electron chi connectivity index (χ2n) is 7.61. The first-order valence-electron chi connectivity index (χ1n) is 9.79. The molecule has 5 atom stereocenters. The first-order valence-corrected chi connectivity index (χ1v) is 9.79. The summed E-state index contributed by atoms with van der Waals surface area (Å²) >= 11 is 0. The predicted octanol–water partition coefficient (Wildman–Crippen LogP) is 0.636. The molecular weight excluding hydrogens is 404 g/mol. The first-order chi connectivity index (χ1) is 14.9. The van der Waals surface area contributed by atoms with E-state index in [9.17, 15) is 30.3 Å². The van der Waals surface area contributed by atoms with Crippen LogP contribution in [0.4, 0.5) is 5.69 Å². The minimum Gasteiger partial charge on any atom is -0.494 e. The molecule has 0 spiro atoms. The van der Waals surface area contributed by atoms with Crippen LogP contribution in [0.3, 0.4) is 0 Å². The topological polar surface area (TPSA) is 145 Å². The van der Waals surface area contributed by atoms with Crippen molar-refractivity contribution in [2.24, 2.45) is 4.99 Å². The molecule has 2 aliphatic heterocycles. The van der Waals surface area contributed by atoms with Crippen LogP contribution in [0.2, 0.25) is 0 Å². The van der Waals surface area contributed by atoms with E-state index >= 15 is 0 Å². The van der Waals surface area contributed by atoms with Gasteiger partial charge in [0.2, 0.25) is 11.7 Å². The molecular formula is C22H20N2O7. The lowest BCUT2D eigenvalue weighted by Gasteiger charge is -2.40. The number of Topliss-reactive ketones (excluding diaryl/α,β-unsaturated/α-hetero) is 1.